The third-order valence-corrected chi connectivity index (χ3v) is 8.31. The fraction of sp³-hybridized carbons (Fsp3) is 0.893. The van der Waals surface area contributed by atoms with Crippen LogP contribution in [0.15, 0.2) is 0 Å². The minimum atomic E-state index is -0.941. The van der Waals surface area contributed by atoms with Crippen molar-refractivity contribution in [3.63, 3.8) is 0 Å². The Morgan fingerprint density at radius 2 is 1.54 bits per heavy atom. The van der Waals surface area contributed by atoms with Gasteiger partial charge < -0.3 is 24.5 Å². The second-order valence-corrected chi connectivity index (χ2v) is 13.8. The van der Waals surface area contributed by atoms with Gasteiger partial charge in [0.05, 0.1) is 18.1 Å². The van der Waals surface area contributed by atoms with E-state index in [0.717, 1.165) is 38.8 Å². The van der Waals surface area contributed by atoms with Gasteiger partial charge in [-0.3, -0.25) is 14.5 Å². The molecule has 1 N–H and O–H groups in total. The second kappa shape index (κ2) is 11.1. The van der Waals surface area contributed by atoms with Crippen LogP contribution >= 0.6 is 0 Å². The van der Waals surface area contributed by atoms with E-state index >= 15 is 0 Å². The van der Waals surface area contributed by atoms with Crippen molar-refractivity contribution in [3.8, 4) is 0 Å². The van der Waals surface area contributed by atoms with Crippen LogP contribution in [0.2, 0.25) is 0 Å². The van der Waals surface area contributed by atoms with Crippen LogP contribution < -0.4 is 0 Å². The molecule has 0 aromatic carbocycles. The Morgan fingerprint density at radius 3 is 2.05 bits per heavy atom. The van der Waals surface area contributed by atoms with Crippen LogP contribution in [0.25, 0.3) is 0 Å². The molecule has 2 aliphatic heterocycles. The predicted molar refractivity (Wildman–Crippen MR) is 143 cm³/mol. The molecule has 0 aromatic heterocycles. The van der Waals surface area contributed by atoms with Crippen LogP contribution in [-0.4, -0.2) is 113 Å². The minimum Gasteiger partial charge on any atom is -0.444 e. The molecule has 3 aliphatic rings. The smallest absolute Gasteiger partial charge is 0.411 e. The molecule has 9 nitrogen and oxygen atoms in total. The first kappa shape index (κ1) is 29.7. The molecule has 3 amide bonds. The van der Waals surface area contributed by atoms with Crippen molar-refractivity contribution < 1.29 is 24.2 Å². The molecule has 0 bridgehead atoms. The Labute approximate surface area is 223 Å². The molecular formula is C28H50N4O5. The van der Waals surface area contributed by atoms with Crippen molar-refractivity contribution in [2.45, 2.75) is 104 Å². The second-order valence-electron chi connectivity index (χ2n) is 13.8. The van der Waals surface area contributed by atoms with Gasteiger partial charge in [0.1, 0.15) is 11.6 Å². The lowest BCUT2D eigenvalue weighted by atomic mass is 9.74. The van der Waals surface area contributed by atoms with Crippen LogP contribution in [0.3, 0.4) is 0 Å². The highest BCUT2D eigenvalue weighted by molar-refractivity contribution is 5.87. The first-order chi connectivity index (χ1) is 17.0. The zero-order valence-corrected chi connectivity index (χ0v) is 24.4. The summed E-state index contributed by atoms with van der Waals surface area (Å²) in [6.07, 6.45) is 3.64. The lowest BCUT2D eigenvalue weighted by molar-refractivity contribution is -0.149. The Bertz CT molecular complexity index is 834. The number of aliphatic hydroxyl groups is 1. The van der Waals surface area contributed by atoms with Crippen molar-refractivity contribution in [1.82, 2.24) is 19.6 Å². The molecular weight excluding hydrogens is 472 g/mol. The van der Waals surface area contributed by atoms with E-state index in [1.807, 2.05) is 37.6 Å². The van der Waals surface area contributed by atoms with Crippen molar-refractivity contribution >= 4 is 17.9 Å². The van der Waals surface area contributed by atoms with Crippen molar-refractivity contribution in [1.29, 1.82) is 0 Å². The van der Waals surface area contributed by atoms with Gasteiger partial charge in [0.15, 0.2) is 0 Å². The van der Waals surface area contributed by atoms with Gasteiger partial charge >= 0.3 is 6.09 Å². The number of carbonyl (C=O) groups excluding carboxylic acids is 3. The molecule has 3 rings (SSSR count). The number of ether oxygens (including phenoxy) is 1. The summed E-state index contributed by atoms with van der Waals surface area (Å²) < 4.78 is 5.72. The number of likely N-dealkylation sites (tertiary alicyclic amines) is 1. The van der Waals surface area contributed by atoms with Gasteiger partial charge in [-0.15, -0.1) is 0 Å². The van der Waals surface area contributed by atoms with Crippen molar-refractivity contribution in [2.24, 2.45) is 10.8 Å². The summed E-state index contributed by atoms with van der Waals surface area (Å²) in [5.41, 5.74) is -1.40. The molecule has 212 valence electrons. The first-order valence-corrected chi connectivity index (χ1v) is 14.0. The summed E-state index contributed by atoms with van der Waals surface area (Å²) in [5, 5.41) is 10.0. The SMILES string of the molecule is CN1CCN(C(=O)C2C[C@H](N(C(=O)C(C)(C)CO)C3CCC(C)(C)CC3)CN2C(=O)OC(C)(C)C)CC1. The Kier molecular flexibility index (Phi) is 8.89. The van der Waals surface area contributed by atoms with Gasteiger partial charge in [0.2, 0.25) is 11.8 Å². The highest BCUT2D eigenvalue weighted by atomic mass is 16.6. The number of carbonyl (C=O) groups is 3. The third kappa shape index (κ3) is 7.16. The van der Waals surface area contributed by atoms with Crippen molar-refractivity contribution in [3.05, 3.63) is 0 Å². The summed E-state index contributed by atoms with van der Waals surface area (Å²) in [6.45, 7) is 16.3. The zero-order valence-electron chi connectivity index (χ0n) is 24.4. The zero-order chi connectivity index (χ0) is 27.8. The molecule has 2 atom stereocenters. The average molecular weight is 523 g/mol. The molecule has 9 heteroatoms. The maximum atomic E-state index is 13.9. The van der Waals surface area contributed by atoms with Crippen LogP contribution in [0, 0.1) is 10.8 Å². The largest absolute Gasteiger partial charge is 0.444 e. The lowest BCUT2D eigenvalue weighted by Gasteiger charge is -2.45. The maximum Gasteiger partial charge on any atom is 0.411 e. The number of aliphatic hydroxyl groups excluding tert-OH is 1. The van der Waals surface area contributed by atoms with Gasteiger partial charge in [-0.2, -0.15) is 0 Å². The van der Waals surface area contributed by atoms with E-state index in [4.69, 9.17) is 4.74 Å². The molecule has 0 aromatic rings. The topological polar surface area (TPSA) is 93.6 Å². The molecule has 0 radical (unpaired) electrons. The molecule has 1 unspecified atom stereocenters. The van der Waals surface area contributed by atoms with E-state index < -0.39 is 23.2 Å². The van der Waals surface area contributed by atoms with Gasteiger partial charge in [-0.05, 0) is 79.2 Å². The summed E-state index contributed by atoms with van der Waals surface area (Å²) in [4.78, 5) is 48.5. The summed E-state index contributed by atoms with van der Waals surface area (Å²) in [7, 11) is 2.04. The maximum absolute atomic E-state index is 13.9. The van der Waals surface area contributed by atoms with Gasteiger partial charge in [-0.1, -0.05) is 13.8 Å². The standard InChI is InChI=1S/C28H50N4O5/c1-26(2,3)37-25(36)31-18-21(17-22(31)23(34)30-15-13-29(8)14-16-30)32(24(35)28(6,7)19-33)20-9-11-27(4,5)12-10-20/h20-22,33H,9-19H2,1-8H3/t21-,22?/m0/s1. The summed E-state index contributed by atoms with van der Waals surface area (Å²) >= 11 is 0. The molecule has 3 fully saturated rings. The minimum absolute atomic E-state index is 0.0225. The lowest BCUT2D eigenvalue weighted by Crippen LogP contribution is -2.55. The number of nitrogens with zero attached hydrogens (tertiary/aromatic N) is 4. The summed E-state index contributed by atoms with van der Waals surface area (Å²) in [6, 6.07) is -0.955. The molecule has 2 heterocycles. The molecule has 1 aliphatic carbocycles. The van der Waals surface area contributed by atoms with Gasteiger partial charge in [0, 0.05) is 38.8 Å². The monoisotopic (exact) mass is 522 g/mol. The van der Waals surface area contributed by atoms with Crippen LogP contribution in [-0.2, 0) is 14.3 Å². The molecule has 1 saturated carbocycles. The first-order valence-electron chi connectivity index (χ1n) is 14.0. The normalized spacial score (nSPS) is 25.8. The van der Waals surface area contributed by atoms with Gasteiger partial charge in [-0.25, -0.2) is 4.79 Å². The molecule has 2 saturated heterocycles. The van der Waals surface area contributed by atoms with Gasteiger partial charge in [0.25, 0.3) is 0 Å². The molecule has 37 heavy (non-hydrogen) atoms. The Hall–Kier alpha value is -1.87. The average Bonchev–Trinajstić information content (AvgIpc) is 3.24. The number of likely N-dealkylation sites (N-methyl/N-ethyl adjacent to an activating group) is 1. The Morgan fingerprint density at radius 1 is 0.973 bits per heavy atom. The van der Waals surface area contributed by atoms with E-state index in [9.17, 15) is 19.5 Å². The van der Waals surface area contributed by atoms with E-state index in [1.54, 1.807) is 18.7 Å². The number of hydrogen-bond acceptors (Lipinski definition) is 6. The highest BCUT2D eigenvalue weighted by Crippen LogP contribution is 2.40. The van der Waals surface area contributed by atoms with Crippen LogP contribution in [0.1, 0.15) is 80.6 Å². The highest BCUT2D eigenvalue weighted by Gasteiger charge is 2.49. The van der Waals surface area contributed by atoms with Crippen LogP contribution in [0.4, 0.5) is 4.79 Å². The van der Waals surface area contributed by atoms with Crippen LogP contribution in [0.5, 0.6) is 0 Å². The summed E-state index contributed by atoms with van der Waals surface area (Å²) in [5.74, 6) is -0.179. The fourth-order valence-electron chi connectivity index (χ4n) is 5.72. The van der Waals surface area contributed by atoms with Crippen molar-refractivity contribution in [2.75, 3.05) is 46.4 Å². The number of hydrogen-bond donors (Lipinski definition) is 1. The predicted octanol–water partition coefficient (Wildman–Crippen LogP) is 2.95. The number of amides is 3. The third-order valence-electron chi connectivity index (χ3n) is 8.31. The molecule has 0 spiro atoms. The van der Waals surface area contributed by atoms with E-state index in [2.05, 4.69) is 18.7 Å². The Balaban J connectivity index is 1.91. The van der Waals surface area contributed by atoms with E-state index in [-0.39, 0.29) is 42.5 Å². The number of rotatable bonds is 5. The fourth-order valence-corrected chi connectivity index (χ4v) is 5.72. The van der Waals surface area contributed by atoms with E-state index in [1.165, 1.54) is 0 Å². The number of piperazine rings is 1. The van der Waals surface area contributed by atoms with E-state index in [0.29, 0.717) is 19.5 Å². The quantitative estimate of drug-likeness (QED) is 0.597.